The van der Waals surface area contributed by atoms with E-state index in [0.717, 1.165) is 11.1 Å². The zero-order valence-corrected chi connectivity index (χ0v) is 14.3. The zero-order chi connectivity index (χ0) is 18.6. The van der Waals surface area contributed by atoms with Crippen LogP contribution in [0, 0.1) is 11.3 Å². The molecule has 1 aliphatic rings. The van der Waals surface area contributed by atoms with Crippen molar-refractivity contribution in [1.29, 1.82) is 5.26 Å². The second-order valence-electron chi connectivity index (χ2n) is 6.00. The fourth-order valence-corrected chi connectivity index (χ4v) is 2.77. The fraction of sp³-hybridized carbons (Fsp3) is 0.0909. The molecule has 1 aliphatic heterocycles. The number of nitrogens with zero attached hydrogens (tertiary/aromatic N) is 1. The van der Waals surface area contributed by atoms with Crippen molar-refractivity contribution in [2.45, 2.75) is 6.10 Å². The van der Waals surface area contributed by atoms with Crippen LogP contribution in [0.15, 0.2) is 72.8 Å². The van der Waals surface area contributed by atoms with Gasteiger partial charge < -0.3 is 14.2 Å². The lowest BCUT2D eigenvalue weighted by Crippen LogP contribution is -2.39. The van der Waals surface area contributed by atoms with Crippen LogP contribution in [0.5, 0.6) is 17.2 Å². The SMILES string of the molecule is N#Cc1ccc(-c2ccc(OC(=O)C3COc4ccccc4O3)cc2)cc1. The molecular formula is C22H15NO4. The lowest BCUT2D eigenvalue weighted by atomic mass is 10.0. The van der Waals surface area contributed by atoms with Crippen molar-refractivity contribution in [2.24, 2.45) is 0 Å². The first-order chi connectivity index (χ1) is 13.2. The van der Waals surface area contributed by atoms with Crippen molar-refractivity contribution in [3.05, 3.63) is 78.4 Å². The molecule has 4 rings (SSSR count). The van der Waals surface area contributed by atoms with Crippen LogP contribution in [0.1, 0.15) is 5.56 Å². The number of benzene rings is 3. The molecule has 0 aliphatic carbocycles. The van der Waals surface area contributed by atoms with Crippen LogP contribution in [0.3, 0.4) is 0 Å². The number of carbonyl (C=O) groups excluding carboxylic acids is 1. The second-order valence-corrected chi connectivity index (χ2v) is 6.00. The van der Waals surface area contributed by atoms with Crippen LogP contribution in [0.25, 0.3) is 11.1 Å². The van der Waals surface area contributed by atoms with Crippen LogP contribution in [0.4, 0.5) is 0 Å². The molecule has 27 heavy (non-hydrogen) atoms. The molecule has 132 valence electrons. The Labute approximate surface area is 156 Å². The van der Waals surface area contributed by atoms with Crippen LogP contribution in [-0.4, -0.2) is 18.7 Å². The van der Waals surface area contributed by atoms with E-state index in [1.165, 1.54) is 0 Å². The Kier molecular flexibility index (Phi) is 4.46. The highest BCUT2D eigenvalue weighted by molar-refractivity contribution is 5.78. The van der Waals surface area contributed by atoms with E-state index in [0.29, 0.717) is 22.8 Å². The minimum atomic E-state index is -0.807. The van der Waals surface area contributed by atoms with E-state index in [1.807, 2.05) is 36.4 Å². The van der Waals surface area contributed by atoms with Gasteiger partial charge in [-0.1, -0.05) is 36.4 Å². The normalized spacial score (nSPS) is 14.9. The van der Waals surface area contributed by atoms with Crippen molar-refractivity contribution in [3.63, 3.8) is 0 Å². The standard InChI is InChI=1S/C22H15NO4/c23-13-15-5-7-16(8-6-15)17-9-11-18(12-10-17)26-22(24)21-14-25-19-3-1-2-4-20(19)27-21/h1-12,21H,14H2. The Hall–Kier alpha value is -3.78. The van der Waals surface area contributed by atoms with Crippen molar-refractivity contribution in [2.75, 3.05) is 6.61 Å². The van der Waals surface area contributed by atoms with Gasteiger partial charge in [-0.3, -0.25) is 0 Å². The van der Waals surface area contributed by atoms with E-state index in [2.05, 4.69) is 6.07 Å². The van der Waals surface area contributed by atoms with E-state index in [1.54, 1.807) is 36.4 Å². The van der Waals surface area contributed by atoms with Gasteiger partial charge in [0.15, 0.2) is 11.5 Å². The maximum Gasteiger partial charge on any atom is 0.356 e. The Bertz CT molecular complexity index is 1000. The maximum atomic E-state index is 12.3. The van der Waals surface area contributed by atoms with Gasteiger partial charge in [0.05, 0.1) is 11.6 Å². The summed E-state index contributed by atoms with van der Waals surface area (Å²) in [5, 5.41) is 8.86. The van der Waals surface area contributed by atoms with Gasteiger partial charge in [-0.2, -0.15) is 5.26 Å². The molecule has 1 atom stereocenters. The van der Waals surface area contributed by atoms with Crippen LogP contribution in [-0.2, 0) is 4.79 Å². The lowest BCUT2D eigenvalue weighted by molar-refractivity contribution is -0.144. The predicted molar refractivity (Wildman–Crippen MR) is 98.6 cm³/mol. The molecule has 5 nitrogen and oxygen atoms in total. The van der Waals surface area contributed by atoms with Crippen LogP contribution >= 0.6 is 0 Å². The van der Waals surface area contributed by atoms with Crippen molar-refractivity contribution in [1.82, 2.24) is 0 Å². The minimum absolute atomic E-state index is 0.110. The summed E-state index contributed by atoms with van der Waals surface area (Å²) in [5.41, 5.74) is 2.55. The molecule has 1 unspecified atom stereocenters. The molecule has 0 bridgehead atoms. The molecule has 0 fully saturated rings. The Morgan fingerprint density at radius 1 is 0.926 bits per heavy atom. The van der Waals surface area contributed by atoms with Gasteiger partial charge in [0.1, 0.15) is 12.4 Å². The molecule has 1 heterocycles. The average Bonchev–Trinajstić information content (AvgIpc) is 2.74. The summed E-state index contributed by atoms with van der Waals surface area (Å²) < 4.78 is 16.6. The van der Waals surface area contributed by atoms with E-state index in [4.69, 9.17) is 19.5 Å². The maximum absolute atomic E-state index is 12.3. The monoisotopic (exact) mass is 357 g/mol. The highest BCUT2D eigenvalue weighted by Gasteiger charge is 2.29. The van der Waals surface area contributed by atoms with Crippen molar-refractivity contribution >= 4 is 5.97 Å². The first-order valence-electron chi connectivity index (χ1n) is 8.44. The molecule has 0 radical (unpaired) electrons. The number of hydrogen-bond acceptors (Lipinski definition) is 5. The average molecular weight is 357 g/mol. The summed E-state index contributed by atoms with van der Waals surface area (Å²) in [6.45, 7) is 0.110. The molecule has 0 spiro atoms. The molecule has 0 N–H and O–H groups in total. The number of para-hydroxylation sites is 2. The summed E-state index contributed by atoms with van der Waals surface area (Å²) in [4.78, 5) is 12.3. The molecule has 3 aromatic carbocycles. The first-order valence-corrected chi connectivity index (χ1v) is 8.44. The van der Waals surface area contributed by atoms with Crippen molar-refractivity contribution < 1.29 is 19.0 Å². The molecule has 0 amide bonds. The van der Waals surface area contributed by atoms with Crippen LogP contribution < -0.4 is 14.2 Å². The third kappa shape index (κ3) is 3.60. The Balaban J connectivity index is 1.42. The summed E-state index contributed by atoms with van der Waals surface area (Å²) in [6.07, 6.45) is -0.807. The van der Waals surface area contributed by atoms with E-state index in [9.17, 15) is 4.79 Å². The molecular weight excluding hydrogens is 342 g/mol. The number of nitriles is 1. The van der Waals surface area contributed by atoms with Gasteiger partial charge in [-0.25, -0.2) is 4.79 Å². The molecule has 0 aromatic heterocycles. The summed E-state index contributed by atoms with van der Waals surface area (Å²) in [6, 6.07) is 23.8. The highest BCUT2D eigenvalue weighted by atomic mass is 16.6. The number of fused-ring (bicyclic) bond motifs is 1. The minimum Gasteiger partial charge on any atom is -0.485 e. The van der Waals surface area contributed by atoms with Gasteiger partial charge in [0.25, 0.3) is 0 Å². The number of carbonyl (C=O) groups is 1. The topological polar surface area (TPSA) is 68.5 Å². The third-order valence-electron chi connectivity index (χ3n) is 4.19. The van der Waals surface area contributed by atoms with E-state index < -0.39 is 12.1 Å². The number of hydrogen-bond donors (Lipinski definition) is 0. The van der Waals surface area contributed by atoms with Crippen LogP contribution in [0.2, 0.25) is 0 Å². The van der Waals surface area contributed by atoms with Gasteiger partial charge in [0, 0.05) is 0 Å². The predicted octanol–water partition coefficient (Wildman–Crippen LogP) is 3.97. The molecule has 0 saturated heterocycles. The van der Waals surface area contributed by atoms with Gasteiger partial charge in [-0.15, -0.1) is 0 Å². The summed E-state index contributed by atoms with van der Waals surface area (Å²) >= 11 is 0. The second kappa shape index (κ2) is 7.22. The molecule has 0 saturated carbocycles. The zero-order valence-electron chi connectivity index (χ0n) is 14.3. The first kappa shape index (κ1) is 16.7. The number of ether oxygens (including phenoxy) is 3. The molecule has 5 heteroatoms. The fourth-order valence-electron chi connectivity index (χ4n) is 2.77. The summed E-state index contributed by atoms with van der Waals surface area (Å²) in [7, 11) is 0. The largest absolute Gasteiger partial charge is 0.485 e. The quantitative estimate of drug-likeness (QED) is 0.524. The van der Waals surface area contributed by atoms with Gasteiger partial charge >= 0.3 is 5.97 Å². The lowest BCUT2D eigenvalue weighted by Gasteiger charge is -2.24. The smallest absolute Gasteiger partial charge is 0.356 e. The van der Waals surface area contributed by atoms with Gasteiger partial charge in [-0.05, 0) is 47.5 Å². The van der Waals surface area contributed by atoms with E-state index >= 15 is 0 Å². The summed E-state index contributed by atoms with van der Waals surface area (Å²) in [5.74, 6) is 1.07. The Morgan fingerprint density at radius 2 is 1.56 bits per heavy atom. The Morgan fingerprint density at radius 3 is 2.22 bits per heavy atom. The third-order valence-corrected chi connectivity index (χ3v) is 4.19. The van der Waals surface area contributed by atoms with Crippen molar-refractivity contribution in [3.8, 4) is 34.4 Å². The van der Waals surface area contributed by atoms with E-state index in [-0.39, 0.29) is 6.61 Å². The number of esters is 1. The number of rotatable bonds is 3. The molecule has 3 aromatic rings. The highest BCUT2D eigenvalue weighted by Crippen LogP contribution is 2.31. The van der Waals surface area contributed by atoms with Gasteiger partial charge in [0.2, 0.25) is 6.10 Å².